The molecular weight excluding hydrogens is 250 g/mol. The van der Waals surface area contributed by atoms with Gasteiger partial charge in [-0.05, 0) is 30.4 Å². The van der Waals surface area contributed by atoms with Crippen molar-refractivity contribution in [1.82, 2.24) is 5.32 Å². The first-order chi connectivity index (χ1) is 9.63. The summed E-state index contributed by atoms with van der Waals surface area (Å²) >= 11 is 0. The second-order valence-electron chi connectivity index (χ2n) is 6.41. The van der Waals surface area contributed by atoms with Crippen LogP contribution in [0.1, 0.15) is 48.5 Å². The number of hydrogen-bond acceptors (Lipinski definition) is 3. The summed E-state index contributed by atoms with van der Waals surface area (Å²) in [6, 6.07) is 8.85. The van der Waals surface area contributed by atoms with E-state index in [0.29, 0.717) is 23.8 Å². The van der Waals surface area contributed by atoms with Crippen molar-refractivity contribution in [3.05, 3.63) is 35.4 Å². The van der Waals surface area contributed by atoms with E-state index >= 15 is 0 Å². The number of carbonyl (C=O) groups is 1. The third kappa shape index (κ3) is 2.79. The van der Waals surface area contributed by atoms with Gasteiger partial charge in [0.1, 0.15) is 0 Å². The van der Waals surface area contributed by atoms with Gasteiger partial charge in [0.15, 0.2) is 5.78 Å². The summed E-state index contributed by atoms with van der Waals surface area (Å²) in [5.41, 5.74) is 2.12. The maximum atomic E-state index is 12.7. The average molecular weight is 273 g/mol. The largest absolute Gasteiger partial charge is 0.378 e. The van der Waals surface area contributed by atoms with Crippen molar-refractivity contribution in [2.45, 2.75) is 44.7 Å². The minimum absolute atomic E-state index is 0.151. The maximum absolute atomic E-state index is 12.7. The van der Waals surface area contributed by atoms with Crippen LogP contribution in [0, 0.1) is 5.92 Å². The summed E-state index contributed by atoms with van der Waals surface area (Å²) in [4.78, 5) is 12.7. The Morgan fingerprint density at radius 3 is 2.60 bits per heavy atom. The van der Waals surface area contributed by atoms with E-state index in [0.717, 1.165) is 31.6 Å². The summed E-state index contributed by atoms with van der Waals surface area (Å²) in [6.07, 6.45) is 1.81. The quantitative estimate of drug-likeness (QED) is 0.861. The van der Waals surface area contributed by atoms with Gasteiger partial charge in [0.2, 0.25) is 0 Å². The van der Waals surface area contributed by atoms with Crippen LogP contribution in [0.3, 0.4) is 0 Å². The molecule has 0 spiro atoms. The fraction of sp³-hybridized carbons (Fsp3) is 0.588. The average Bonchev–Trinajstić information content (AvgIpc) is 2.46. The molecule has 20 heavy (non-hydrogen) atoms. The number of ketones is 1. The van der Waals surface area contributed by atoms with Gasteiger partial charge in [0.25, 0.3) is 0 Å². The van der Waals surface area contributed by atoms with Crippen LogP contribution in [0.25, 0.3) is 0 Å². The molecule has 3 heteroatoms. The third-order valence-electron chi connectivity index (χ3n) is 4.46. The lowest BCUT2D eigenvalue weighted by Gasteiger charge is -2.39. The molecule has 1 aromatic carbocycles. The third-order valence-corrected chi connectivity index (χ3v) is 4.46. The van der Waals surface area contributed by atoms with Gasteiger partial charge < -0.3 is 10.1 Å². The number of Topliss-reactive ketones (excluding diaryl/α,β-unsaturated/α-hetero) is 1. The van der Waals surface area contributed by atoms with Gasteiger partial charge in [-0.3, -0.25) is 4.79 Å². The molecule has 1 aromatic rings. The van der Waals surface area contributed by atoms with Crippen molar-refractivity contribution in [2.24, 2.45) is 5.92 Å². The summed E-state index contributed by atoms with van der Waals surface area (Å²) in [5, 5.41) is 3.54. The van der Waals surface area contributed by atoms with Crippen molar-refractivity contribution in [3.8, 4) is 0 Å². The zero-order valence-corrected chi connectivity index (χ0v) is 12.3. The molecule has 0 radical (unpaired) electrons. The molecule has 2 unspecified atom stereocenters. The first-order valence-electron chi connectivity index (χ1n) is 7.61. The molecule has 2 atom stereocenters. The summed E-state index contributed by atoms with van der Waals surface area (Å²) < 4.78 is 5.55. The van der Waals surface area contributed by atoms with E-state index in [1.807, 2.05) is 12.1 Å². The van der Waals surface area contributed by atoms with E-state index in [9.17, 15) is 4.79 Å². The molecule has 0 saturated carbocycles. The lowest BCUT2D eigenvalue weighted by Crippen LogP contribution is -2.55. The maximum Gasteiger partial charge on any atom is 0.166 e. The van der Waals surface area contributed by atoms with Crippen LogP contribution in [0.2, 0.25) is 0 Å². The Labute approximate surface area is 120 Å². The summed E-state index contributed by atoms with van der Waals surface area (Å²) in [5.74, 6) is 0.923. The number of carbonyl (C=O) groups excluding carboxylic acids is 1. The minimum atomic E-state index is 0.151. The van der Waals surface area contributed by atoms with Crippen molar-refractivity contribution >= 4 is 5.78 Å². The SMILES string of the molecule is CC(C)c1cccc(C(=O)C2CC3COCC(C2)N3)c1. The van der Waals surface area contributed by atoms with Crippen LogP contribution in [0.5, 0.6) is 0 Å². The Hall–Kier alpha value is -1.19. The van der Waals surface area contributed by atoms with Gasteiger partial charge in [-0.1, -0.05) is 32.0 Å². The predicted molar refractivity (Wildman–Crippen MR) is 79.1 cm³/mol. The Morgan fingerprint density at radius 2 is 1.95 bits per heavy atom. The molecule has 3 rings (SSSR count). The van der Waals surface area contributed by atoms with Gasteiger partial charge in [-0.2, -0.15) is 0 Å². The van der Waals surface area contributed by atoms with Crippen LogP contribution in [0.4, 0.5) is 0 Å². The summed E-state index contributed by atoms with van der Waals surface area (Å²) in [6.45, 7) is 5.81. The molecule has 2 bridgehead atoms. The van der Waals surface area contributed by atoms with Gasteiger partial charge in [-0.15, -0.1) is 0 Å². The molecule has 0 aliphatic carbocycles. The number of benzene rings is 1. The van der Waals surface area contributed by atoms with Gasteiger partial charge in [-0.25, -0.2) is 0 Å². The topological polar surface area (TPSA) is 38.3 Å². The number of morpholine rings is 1. The van der Waals surface area contributed by atoms with E-state index in [2.05, 4.69) is 31.3 Å². The van der Waals surface area contributed by atoms with Crippen molar-refractivity contribution in [2.75, 3.05) is 13.2 Å². The molecule has 3 nitrogen and oxygen atoms in total. The second kappa shape index (κ2) is 5.66. The van der Waals surface area contributed by atoms with Gasteiger partial charge in [0.05, 0.1) is 13.2 Å². The normalized spacial score (nSPS) is 29.4. The lowest BCUT2D eigenvalue weighted by atomic mass is 9.81. The first-order valence-corrected chi connectivity index (χ1v) is 7.61. The highest BCUT2D eigenvalue weighted by Gasteiger charge is 2.35. The Bertz CT molecular complexity index is 486. The smallest absolute Gasteiger partial charge is 0.166 e. The monoisotopic (exact) mass is 273 g/mol. The molecule has 2 saturated heterocycles. The molecule has 2 aliphatic heterocycles. The molecule has 108 valence electrons. The first kappa shape index (κ1) is 13.8. The molecule has 0 aromatic heterocycles. The Morgan fingerprint density at radius 1 is 1.25 bits per heavy atom. The molecule has 1 N–H and O–H groups in total. The van der Waals surface area contributed by atoms with E-state index in [4.69, 9.17) is 4.74 Å². The van der Waals surface area contributed by atoms with Crippen LogP contribution in [-0.4, -0.2) is 31.1 Å². The van der Waals surface area contributed by atoms with Crippen LogP contribution < -0.4 is 5.32 Å². The number of ether oxygens (including phenoxy) is 1. The van der Waals surface area contributed by atoms with Crippen LogP contribution >= 0.6 is 0 Å². The second-order valence-corrected chi connectivity index (χ2v) is 6.41. The van der Waals surface area contributed by atoms with E-state index in [1.54, 1.807) is 0 Å². The zero-order valence-electron chi connectivity index (χ0n) is 12.3. The number of nitrogens with one attached hydrogen (secondary N) is 1. The predicted octanol–water partition coefficient (Wildman–Crippen LogP) is 2.76. The van der Waals surface area contributed by atoms with E-state index in [1.165, 1.54) is 5.56 Å². The number of rotatable bonds is 3. The lowest BCUT2D eigenvalue weighted by molar-refractivity contribution is 0.00953. The molecule has 2 aliphatic rings. The highest BCUT2D eigenvalue weighted by Crippen LogP contribution is 2.28. The Balaban J connectivity index is 1.77. The van der Waals surface area contributed by atoms with E-state index in [-0.39, 0.29) is 5.92 Å². The fourth-order valence-corrected chi connectivity index (χ4v) is 3.34. The summed E-state index contributed by atoms with van der Waals surface area (Å²) in [7, 11) is 0. The van der Waals surface area contributed by atoms with E-state index < -0.39 is 0 Å². The van der Waals surface area contributed by atoms with Crippen LogP contribution in [-0.2, 0) is 4.74 Å². The molecule has 2 fully saturated rings. The van der Waals surface area contributed by atoms with Crippen molar-refractivity contribution < 1.29 is 9.53 Å². The van der Waals surface area contributed by atoms with Gasteiger partial charge >= 0.3 is 0 Å². The number of hydrogen-bond donors (Lipinski definition) is 1. The highest BCUT2D eigenvalue weighted by atomic mass is 16.5. The van der Waals surface area contributed by atoms with Crippen molar-refractivity contribution in [3.63, 3.8) is 0 Å². The van der Waals surface area contributed by atoms with Crippen LogP contribution in [0.15, 0.2) is 24.3 Å². The molecule has 0 amide bonds. The molecule has 2 heterocycles. The highest BCUT2D eigenvalue weighted by molar-refractivity contribution is 5.98. The van der Waals surface area contributed by atoms with Gasteiger partial charge in [0, 0.05) is 23.6 Å². The number of fused-ring (bicyclic) bond motifs is 2. The standard InChI is InChI=1S/C17H23NO2/c1-11(2)12-4-3-5-13(6-12)17(19)14-7-15-9-20-10-16(8-14)18-15/h3-6,11,14-16,18H,7-10H2,1-2H3. The Kier molecular flexibility index (Phi) is 3.90. The number of piperidine rings is 1. The molecular formula is C17H23NO2. The zero-order chi connectivity index (χ0) is 14.1. The minimum Gasteiger partial charge on any atom is -0.378 e. The van der Waals surface area contributed by atoms with Crippen molar-refractivity contribution in [1.29, 1.82) is 0 Å². The fourth-order valence-electron chi connectivity index (χ4n) is 3.34.